The third-order valence-electron chi connectivity index (χ3n) is 3.42. The first-order valence-electron chi connectivity index (χ1n) is 6.24. The van der Waals surface area contributed by atoms with E-state index in [1.807, 2.05) is 0 Å². The monoisotopic (exact) mass is 247 g/mol. The maximum Gasteiger partial charge on any atom is 0.254 e. The molecule has 0 saturated carbocycles. The van der Waals surface area contributed by atoms with E-state index in [1.54, 1.807) is 29.2 Å². The minimum absolute atomic E-state index is 0.0189. The molecule has 0 unspecified atom stereocenters. The highest BCUT2D eigenvalue weighted by Crippen LogP contribution is 2.20. The zero-order chi connectivity index (χ0) is 13.0. The molecule has 4 heteroatoms. The topological polar surface area (TPSA) is 57.6 Å². The number of hydrogen-bond acceptors (Lipinski definition) is 3. The molecule has 0 spiro atoms. The molecule has 0 radical (unpaired) electrons. The number of amides is 1. The van der Waals surface area contributed by atoms with Crippen LogP contribution in [0.1, 0.15) is 40.0 Å². The van der Waals surface area contributed by atoms with E-state index in [2.05, 4.69) is 0 Å². The van der Waals surface area contributed by atoms with E-state index in [0.29, 0.717) is 24.0 Å². The van der Waals surface area contributed by atoms with Gasteiger partial charge in [0.25, 0.3) is 5.91 Å². The molecule has 18 heavy (non-hydrogen) atoms. The summed E-state index contributed by atoms with van der Waals surface area (Å²) >= 11 is 0. The van der Waals surface area contributed by atoms with E-state index in [0.717, 1.165) is 19.3 Å². The van der Waals surface area contributed by atoms with Gasteiger partial charge in [-0.1, -0.05) is 18.2 Å². The lowest BCUT2D eigenvalue weighted by atomic mass is 10.00. The van der Waals surface area contributed by atoms with Crippen LogP contribution in [0.25, 0.3) is 0 Å². The average Bonchev–Trinajstić information content (AvgIpc) is 2.46. The van der Waals surface area contributed by atoms with Gasteiger partial charge in [-0.15, -0.1) is 0 Å². The van der Waals surface area contributed by atoms with Gasteiger partial charge in [0.15, 0.2) is 6.29 Å². The normalized spacial score (nSPS) is 19.6. The number of nitrogens with zero attached hydrogens (tertiary/aromatic N) is 1. The lowest BCUT2D eigenvalue weighted by Crippen LogP contribution is -2.45. The number of carbonyl (C=O) groups excluding carboxylic acids is 2. The molecule has 96 valence electrons. The fraction of sp³-hybridized carbons (Fsp3) is 0.429. The summed E-state index contributed by atoms with van der Waals surface area (Å²) in [5.74, 6) is -0.156. The quantitative estimate of drug-likeness (QED) is 0.823. The Morgan fingerprint density at radius 2 is 2.17 bits per heavy atom. The Kier molecular flexibility index (Phi) is 4.10. The van der Waals surface area contributed by atoms with Gasteiger partial charge in [-0.3, -0.25) is 9.59 Å². The van der Waals surface area contributed by atoms with Crippen LogP contribution >= 0.6 is 0 Å². The smallest absolute Gasteiger partial charge is 0.254 e. The van der Waals surface area contributed by atoms with Gasteiger partial charge in [0.05, 0.1) is 18.2 Å². The molecule has 1 N–H and O–H groups in total. The molecule has 4 nitrogen and oxygen atoms in total. The molecule has 1 aromatic carbocycles. The SMILES string of the molecule is O=Cc1ccccc1C(=O)N1CCCC[C@H]1CO. The highest BCUT2D eigenvalue weighted by molar-refractivity contribution is 6.01. The molecule has 1 saturated heterocycles. The fourth-order valence-corrected chi connectivity index (χ4v) is 2.41. The van der Waals surface area contributed by atoms with Gasteiger partial charge in [0.2, 0.25) is 0 Å². The van der Waals surface area contributed by atoms with Crippen LogP contribution in [0.2, 0.25) is 0 Å². The Balaban J connectivity index is 2.26. The summed E-state index contributed by atoms with van der Waals surface area (Å²) in [5.41, 5.74) is 0.831. The second-order valence-electron chi connectivity index (χ2n) is 4.54. The van der Waals surface area contributed by atoms with Crippen molar-refractivity contribution in [1.29, 1.82) is 0 Å². The molecule has 1 aliphatic heterocycles. The van der Waals surface area contributed by atoms with Crippen LogP contribution in [0.5, 0.6) is 0 Å². The number of rotatable bonds is 3. The predicted molar refractivity (Wildman–Crippen MR) is 67.6 cm³/mol. The Bertz CT molecular complexity index is 444. The average molecular weight is 247 g/mol. The maximum absolute atomic E-state index is 12.4. The number of aliphatic hydroxyl groups excluding tert-OH is 1. The first kappa shape index (κ1) is 12.8. The molecule has 2 rings (SSSR count). The Morgan fingerprint density at radius 3 is 2.89 bits per heavy atom. The first-order chi connectivity index (χ1) is 8.77. The highest BCUT2D eigenvalue weighted by Gasteiger charge is 2.27. The maximum atomic E-state index is 12.4. The van der Waals surface area contributed by atoms with Gasteiger partial charge in [-0.05, 0) is 25.3 Å². The standard InChI is InChI=1S/C14H17NO3/c16-9-11-5-1-2-7-13(11)14(18)15-8-4-3-6-12(15)10-17/h1-2,5,7,9,12,17H,3-4,6,8,10H2/t12-/m0/s1. The van der Waals surface area contributed by atoms with Gasteiger partial charge < -0.3 is 10.0 Å². The van der Waals surface area contributed by atoms with Crippen LogP contribution < -0.4 is 0 Å². The second kappa shape index (κ2) is 5.78. The van der Waals surface area contributed by atoms with E-state index in [4.69, 9.17) is 0 Å². The van der Waals surface area contributed by atoms with E-state index in [1.165, 1.54) is 0 Å². The van der Waals surface area contributed by atoms with Crippen molar-refractivity contribution >= 4 is 12.2 Å². The van der Waals surface area contributed by atoms with Crippen molar-refractivity contribution in [3.8, 4) is 0 Å². The number of hydrogen-bond donors (Lipinski definition) is 1. The molecular formula is C14H17NO3. The molecule has 1 fully saturated rings. The summed E-state index contributed by atoms with van der Waals surface area (Å²) in [6.45, 7) is 0.631. The van der Waals surface area contributed by atoms with E-state index >= 15 is 0 Å². The predicted octanol–water partition coefficient (Wildman–Crippen LogP) is 1.49. The molecule has 0 aliphatic carbocycles. The Labute approximate surface area is 106 Å². The molecule has 1 heterocycles. The van der Waals surface area contributed by atoms with Crippen molar-refractivity contribution in [2.75, 3.05) is 13.2 Å². The zero-order valence-electron chi connectivity index (χ0n) is 10.2. The van der Waals surface area contributed by atoms with Crippen LogP contribution in [-0.4, -0.2) is 41.4 Å². The second-order valence-corrected chi connectivity index (χ2v) is 4.54. The minimum Gasteiger partial charge on any atom is -0.394 e. The summed E-state index contributed by atoms with van der Waals surface area (Å²) in [7, 11) is 0. The first-order valence-corrected chi connectivity index (χ1v) is 6.24. The van der Waals surface area contributed by atoms with Gasteiger partial charge in [0.1, 0.15) is 0 Å². The van der Waals surface area contributed by atoms with Crippen LogP contribution in [0.15, 0.2) is 24.3 Å². The summed E-state index contributed by atoms with van der Waals surface area (Å²) in [6, 6.07) is 6.66. The van der Waals surface area contributed by atoms with E-state index < -0.39 is 0 Å². The summed E-state index contributed by atoms with van der Waals surface area (Å²) < 4.78 is 0. The van der Waals surface area contributed by atoms with E-state index in [-0.39, 0.29) is 18.6 Å². The van der Waals surface area contributed by atoms with Crippen molar-refractivity contribution in [1.82, 2.24) is 4.90 Å². The van der Waals surface area contributed by atoms with Crippen LogP contribution in [0, 0.1) is 0 Å². The van der Waals surface area contributed by atoms with Crippen LogP contribution in [0.4, 0.5) is 0 Å². The van der Waals surface area contributed by atoms with Crippen molar-refractivity contribution in [3.05, 3.63) is 35.4 Å². The van der Waals surface area contributed by atoms with Crippen molar-refractivity contribution in [2.24, 2.45) is 0 Å². The third kappa shape index (κ3) is 2.43. The molecular weight excluding hydrogens is 230 g/mol. The third-order valence-corrected chi connectivity index (χ3v) is 3.42. The number of piperidine rings is 1. The van der Waals surface area contributed by atoms with E-state index in [9.17, 15) is 14.7 Å². The Morgan fingerprint density at radius 1 is 1.39 bits per heavy atom. The zero-order valence-corrected chi connectivity index (χ0v) is 10.2. The van der Waals surface area contributed by atoms with Crippen LogP contribution in [-0.2, 0) is 0 Å². The lowest BCUT2D eigenvalue weighted by Gasteiger charge is -2.34. The minimum atomic E-state index is -0.156. The van der Waals surface area contributed by atoms with Gasteiger partial charge in [0, 0.05) is 12.1 Å². The number of carbonyl (C=O) groups is 2. The molecule has 0 bridgehead atoms. The number of aliphatic hydroxyl groups is 1. The summed E-state index contributed by atoms with van der Waals surface area (Å²) in [4.78, 5) is 25.0. The van der Waals surface area contributed by atoms with Crippen molar-refractivity contribution in [2.45, 2.75) is 25.3 Å². The van der Waals surface area contributed by atoms with Gasteiger partial charge >= 0.3 is 0 Å². The molecule has 1 amide bonds. The summed E-state index contributed by atoms with van der Waals surface area (Å²) in [5, 5.41) is 9.32. The van der Waals surface area contributed by atoms with Gasteiger partial charge in [-0.2, -0.15) is 0 Å². The summed E-state index contributed by atoms with van der Waals surface area (Å²) in [6.07, 6.45) is 3.51. The fourth-order valence-electron chi connectivity index (χ4n) is 2.41. The highest BCUT2D eigenvalue weighted by atomic mass is 16.3. The largest absolute Gasteiger partial charge is 0.394 e. The molecule has 1 aromatic rings. The Hall–Kier alpha value is -1.68. The molecule has 0 aromatic heterocycles. The molecule has 1 aliphatic rings. The van der Waals surface area contributed by atoms with Gasteiger partial charge in [-0.25, -0.2) is 0 Å². The lowest BCUT2D eigenvalue weighted by molar-refractivity contribution is 0.0501. The van der Waals surface area contributed by atoms with Crippen LogP contribution in [0.3, 0.4) is 0 Å². The van der Waals surface area contributed by atoms with Crippen molar-refractivity contribution < 1.29 is 14.7 Å². The molecule has 1 atom stereocenters. The number of aldehydes is 1. The number of likely N-dealkylation sites (tertiary alicyclic amines) is 1. The number of benzene rings is 1. The van der Waals surface area contributed by atoms with Crippen molar-refractivity contribution in [3.63, 3.8) is 0 Å².